The molecule has 5 nitrogen and oxygen atoms in total. The molecule has 1 unspecified atom stereocenters. The lowest BCUT2D eigenvalue weighted by atomic mass is 10.1. The quantitative estimate of drug-likeness (QED) is 0.781. The van der Waals surface area contributed by atoms with E-state index in [1.165, 1.54) is 4.68 Å². The Labute approximate surface area is 150 Å². The van der Waals surface area contributed by atoms with Crippen molar-refractivity contribution in [3.05, 3.63) is 75.2 Å². The number of carbonyl (C=O) groups excluding carboxylic acids is 1. The summed E-state index contributed by atoms with van der Waals surface area (Å²) in [5.74, 6) is -0.281. The lowest BCUT2D eigenvalue weighted by Gasteiger charge is -2.15. The van der Waals surface area contributed by atoms with E-state index in [4.69, 9.17) is 11.6 Å². The van der Waals surface area contributed by atoms with Crippen LogP contribution in [0.15, 0.2) is 53.3 Å². The monoisotopic (exact) mass is 355 g/mol. The van der Waals surface area contributed by atoms with E-state index < -0.39 is 0 Å². The number of rotatable bonds is 4. The molecule has 1 heterocycles. The predicted molar refractivity (Wildman–Crippen MR) is 98.7 cm³/mol. The molecule has 6 heteroatoms. The lowest BCUT2D eigenvalue weighted by molar-refractivity contribution is -0.122. The van der Waals surface area contributed by atoms with Gasteiger partial charge in [0.15, 0.2) is 0 Å². The maximum absolute atomic E-state index is 12.5. The van der Waals surface area contributed by atoms with E-state index in [0.29, 0.717) is 16.1 Å². The number of nitrogens with one attached hydrogen (secondary N) is 1. The van der Waals surface area contributed by atoms with Crippen molar-refractivity contribution in [2.45, 2.75) is 26.4 Å². The topological polar surface area (TPSA) is 64.0 Å². The van der Waals surface area contributed by atoms with Gasteiger partial charge >= 0.3 is 0 Å². The molecule has 25 heavy (non-hydrogen) atoms. The van der Waals surface area contributed by atoms with Crippen LogP contribution in [0.5, 0.6) is 0 Å². The van der Waals surface area contributed by atoms with Gasteiger partial charge in [-0.15, -0.1) is 0 Å². The van der Waals surface area contributed by atoms with Crippen LogP contribution in [0.1, 0.15) is 24.2 Å². The zero-order chi connectivity index (χ0) is 18.0. The Bertz CT molecular complexity index is 997. The van der Waals surface area contributed by atoms with Crippen LogP contribution in [0.3, 0.4) is 0 Å². The van der Waals surface area contributed by atoms with Crippen molar-refractivity contribution in [2.75, 3.05) is 0 Å². The summed E-state index contributed by atoms with van der Waals surface area (Å²) in [7, 11) is 0. The maximum atomic E-state index is 12.5. The fraction of sp³-hybridized carbons (Fsp3) is 0.211. The van der Waals surface area contributed by atoms with E-state index in [9.17, 15) is 9.59 Å². The number of fused-ring (bicyclic) bond motifs is 1. The minimum atomic E-state index is -0.281. The second-order valence-electron chi connectivity index (χ2n) is 5.94. The fourth-order valence-corrected chi connectivity index (χ4v) is 2.99. The van der Waals surface area contributed by atoms with Crippen molar-refractivity contribution in [3.8, 4) is 0 Å². The SMILES string of the molecule is Cc1nn(CC(=O)NC(C)c2cccc(Cl)c2)c(=O)c2ccccc12. The molecule has 0 saturated heterocycles. The molecular weight excluding hydrogens is 338 g/mol. The molecule has 0 spiro atoms. The second kappa shape index (κ2) is 7.07. The number of aromatic nitrogens is 2. The summed E-state index contributed by atoms with van der Waals surface area (Å²) in [6, 6.07) is 14.3. The molecule has 3 rings (SSSR count). The van der Waals surface area contributed by atoms with Crippen molar-refractivity contribution in [3.63, 3.8) is 0 Å². The van der Waals surface area contributed by atoms with Crippen LogP contribution in [0, 0.1) is 6.92 Å². The number of hydrogen-bond donors (Lipinski definition) is 1. The lowest BCUT2D eigenvalue weighted by Crippen LogP contribution is -2.35. The molecule has 0 saturated carbocycles. The summed E-state index contributed by atoms with van der Waals surface area (Å²) >= 11 is 5.98. The molecule has 3 aromatic rings. The molecule has 1 atom stereocenters. The third-order valence-electron chi connectivity index (χ3n) is 4.07. The average molecular weight is 356 g/mol. The Balaban J connectivity index is 1.80. The van der Waals surface area contributed by atoms with E-state index in [1.54, 1.807) is 24.3 Å². The smallest absolute Gasteiger partial charge is 0.275 e. The number of aryl methyl sites for hydroxylation is 1. The van der Waals surface area contributed by atoms with Crippen molar-refractivity contribution in [2.24, 2.45) is 0 Å². The minimum absolute atomic E-state index is 0.130. The molecule has 1 amide bonds. The zero-order valence-corrected chi connectivity index (χ0v) is 14.7. The van der Waals surface area contributed by atoms with Crippen LogP contribution in [-0.4, -0.2) is 15.7 Å². The second-order valence-corrected chi connectivity index (χ2v) is 6.37. The molecule has 1 N–H and O–H groups in total. The summed E-state index contributed by atoms with van der Waals surface area (Å²) in [6.07, 6.45) is 0. The molecule has 1 aromatic heterocycles. The summed E-state index contributed by atoms with van der Waals surface area (Å²) in [5, 5.41) is 9.10. The van der Waals surface area contributed by atoms with Crippen molar-refractivity contribution in [1.82, 2.24) is 15.1 Å². The Morgan fingerprint density at radius 1 is 1.20 bits per heavy atom. The van der Waals surface area contributed by atoms with Crippen LogP contribution in [0.2, 0.25) is 5.02 Å². The highest BCUT2D eigenvalue weighted by atomic mass is 35.5. The van der Waals surface area contributed by atoms with Gasteiger partial charge in [0.05, 0.1) is 17.1 Å². The molecule has 0 bridgehead atoms. The first-order valence-corrected chi connectivity index (χ1v) is 8.35. The average Bonchev–Trinajstić information content (AvgIpc) is 2.59. The van der Waals surface area contributed by atoms with Gasteiger partial charge in [0.25, 0.3) is 5.56 Å². The van der Waals surface area contributed by atoms with Gasteiger partial charge in [-0.2, -0.15) is 5.10 Å². The van der Waals surface area contributed by atoms with Crippen LogP contribution < -0.4 is 10.9 Å². The highest BCUT2D eigenvalue weighted by Crippen LogP contribution is 2.17. The molecule has 0 fully saturated rings. The fourth-order valence-electron chi connectivity index (χ4n) is 2.79. The van der Waals surface area contributed by atoms with E-state index in [1.807, 2.05) is 38.1 Å². The third-order valence-corrected chi connectivity index (χ3v) is 4.31. The molecule has 2 aromatic carbocycles. The first-order valence-electron chi connectivity index (χ1n) is 7.97. The summed E-state index contributed by atoms with van der Waals surface area (Å²) in [5.41, 5.74) is 1.34. The maximum Gasteiger partial charge on any atom is 0.275 e. The number of halogens is 1. The van der Waals surface area contributed by atoms with Crippen LogP contribution in [-0.2, 0) is 11.3 Å². The van der Waals surface area contributed by atoms with Crippen LogP contribution >= 0.6 is 11.6 Å². The molecule has 0 aliphatic heterocycles. The largest absolute Gasteiger partial charge is 0.348 e. The van der Waals surface area contributed by atoms with Gasteiger partial charge in [-0.1, -0.05) is 41.9 Å². The highest BCUT2D eigenvalue weighted by molar-refractivity contribution is 6.30. The van der Waals surface area contributed by atoms with Crippen molar-refractivity contribution >= 4 is 28.3 Å². The number of amides is 1. The van der Waals surface area contributed by atoms with Gasteiger partial charge in [0.2, 0.25) is 5.91 Å². The van der Waals surface area contributed by atoms with Gasteiger partial charge in [-0.25, -0.2) is 4.68 Å². The summed E-state index contributed by atoms with van der Waals surface area (Å²) in [6.45, 7) is 3.56. The third kappa shape index (κ3) is 3.72. The molecule has 128 valence electrons. The van der Waals surface area contributed by atoms with Gasteiger partial charge < -0.3 is 5.32 Å². The number of carbonyl (C=O) groups is 1. The van der Waals surface area contributed by atoms with Gasteiger partial charge in [-0.3, -0.25) is 9.59 Å². The van der Waals surface area contributed by atoms with Crippen molar-refractivity contribution < 1.29 is 4.79 Å². The number of nitrogens with zero attached hydrogens (tertiary/aromatic N) is 2. The Morgan fingerprint density at radius 3 is 2.64 bits per heavy atom. The van der Waals surface area contributed by atoms with Gasteiger partial charge in [0.1, 0.15) is 6.54 Å². The van der Waals surface area contributed by atoms with E-state index in [-0.39, 0.29) is 24.1 Å². The molecule has 0 radical (unpaired) electrons. The normalized spacial score (nSPS) is 12.1. The van der Waals surface area contributed by atoms with Crippen LogP contribution in [0.25, 0.3) is 10.8 Å². The summed E-state index contributed by atoms with van der Waals surface area (Å²) < 4.78 is 1.21. The summed E-state index contributed by atoms with van der Waals surface area (Å²) in [4.78, 5) is 24.9. The number of benzene rings is 2. The first kappa shape index (κ1) is 17.2. The van der Waals surface area contributed by atoms with Crippen molar-refractivity contribution in [1.29, 1.82) is 0 Å². The zero-order valence-electron chi connectivity index (χ0n) is 14.0. The van der Waals surface area contributed by atoms with Gasteiger partial charge in [0, 0.05) is 10.4 Å². The Morgan fingerprint density at radius 2 is 1.92 bits per heavy atom. The Hall–Kier alpha value is -2.66. The Kier molecular flexibility index (Phi) is 4.86. The first-order chi connectivity index (χ1) is 12.0. The van der Waals surface area contributed by atoms with Crippen LogP contribution in [0.4, 0.5) is 0 Å². The molecule has 0 aliphatic rings. The van der Waals surface area contributed by atoms with E-state index in [0.717, 1.165) is 10.9 Å². The standard InChI is InChI=1S/C19H18ClN3O2/c1-12(14-6-5-7-15(20)10-14)21-18(24)11-23-19(25)17-9-4-3-8-16(17)13(2)22-23/h3-10,12H,11H2,1-2H3,(H,21,24). The highest BCUT2D eigenvalue weighted by Gasteiger charge is 2.13. The van der Waals surface area contributed by atoms with E-state index >= 15 is 0 Å². The predicted octanol–water partition coefficient (Wildman–Crippen LogP) is 3.24. The molecular formula is C19H18ClN3O2. The minimum Gasteiger partial charge on any atom is -0.348 e. The number of hydrogen-bond acceptors (Lipinski definition) is 3. The van der Waals surface area contributed by atoms with Gasteiger partial charge in [-0.05, 0) is 37.6 Å². The van der Waals surface area contributed by atoms with E-state index in [2.05, 4.69) is 10.4 Å². The molecule has 0 aliphatic carbocycles.